The molecule has 0 spiro atoms. The lowest BCUT2D eigenvalue weighted by atomic mass is 10.1. The van der Waals surface area contributed by atoms with E-state index in [9.17, 15) is 13.2 Å². The Balaban J connectivity index is 2.89. The number of rotatable bonds is 0. The van der Waals surface area contributed by atoms with Gasteiger partial charge in [0.2, 0.25) is 0 Å². The van der Waals surface area contributed by atoms with Gasteiger partial charge in [0.25, 0.3) is 0 Å². The third kappa shape index (κ3) is 1.35. The largest absolute Gasteiger partial charge is 0.206 e. The molecule has 0 unspecified atom stereocenters. The molecule has 14 heavy (non-hydrogen) atoms. The van der Waals surface area contributed by atoms with Gasteiger partial charge in [-0.25, -0.2) is 13.2 Å². The van der Waals surface area contributed by atoms with Gasteiger partial charge in [-0.2, -0.15) is 0 Å². The van der Waals surface area contributed by atoms with Crippen molar-refractivity contribution < 1.29 is 13.2 Å². The van der Waals surface area contributed by atoms with Crippen LogP contribution in [0, 0.1) is 24.4 Å². The Morgan fingerprint density at radius 2 is 1.43 bits per heavy atom. The number of fused-ring (bicyclic) bond motifs is 1. The molecule has 72 valence electrons. The van der Waals surface area contributed by atoms with E-state index in [-0.39, 0.29) is 5.39 Å². The molecular weight excluding hydrogens is 189 g/mol. The third-order valence-corrected chi connectivity index (χ3v) is 2.09. The van der Waals surface area contributed by atoms with Crippen LogP contribution in [0.25, 0.3) is 10.8 Å². The maximum Gasteiger partial charge on any atom is 0.159 e. The van der Waals surface area contributed by atoms with Crippen molar-refractivity contribution in [3.63, 3.8) is 0 Å². The minimum Gasteiger partial charge on any atom is -0.206 e. The Kier molecular flexibility index (Phi) is 1.95. The Bertz CT molecular complexity index is 503. The average Bonchev–Trinajstić information content (AvgIpc) is 2.08. The summed E-state index contributed by atoms with van der Waals surface area (Å²) < 4.78 is 38.9. The quantitative estimate of drug-likeness (QED) is 0.604. The minimum atomic E-state index is -1.03. The van der Waals surface area contributed by atoms with Crippen LogP contribution in [-0.4, -0.2) is 0 Å². The fourth-order valence-corrected chi connectivity index (χ4v) is 1.45. The van der Waals surface area contributed by atoms with Crippen LogP contribution in [0.4, 0.5) is 13.2 Å². The van der Waals surface area contributed by atoms with E-state index in [0.717, 1.165) is 12.1 Å². The van der Waals surface area contributed by atoms with Gasteiger partial charge in [0.1, 0.15) is 5.82 Å². The number of aryl methyl sites for hydroxylation is 1. The highest BCUT2D eigenvalue weighted by atomic mass is 19.2. The normalized spacial score (nSPS) is 10.9. The van der Waals surface area contributed by atoms with Gasteiger partial charge in [-0.05, 0) is 36.1 Å². The van der Waals surface area contributed by atoms with Gasteiger partial charge in [0.05, 0.1) is 0 Å². The molecular formula is C11H7F3. The molecule has 0 aliphatic carbocycles. The maximum atomic E-state index is 13.3. The minimum absolute atomic E-state index is 0.106. The zero-order valence-electron chi connectivity index (χ0n) is 7.44. The summed E-state index contributed by atoms with van der Waals surface area (Å²) in [6.07, 6.45) is 0. The molecule has 0 N–H and O–H groups in total. The van der Waals surface area contributed by atoms with E-state index in [1.165, 1.54) is 6.07 Å². The topological polar surface area (TPSA) is 0 Å². The SMILES string of the molecule is Cc1cc(F)c2cc(F)c(F)cc2c1. The summed E-state index contributed by atoms with van der Waals surface area (Å²) in [4.78, 5) is 0. The Hall–Kier alpha value is -1.51. The Morgan fingerprint density at radius 3 is 2.14 bits per heavy atom. The molecule has 0 amide bonds. The summed E-state index contributed by atoms with van der Waals surface area (Å²) in [5, 5.41) is 0.482. The standard InChI is InChI=1S/C11H7F3/c1-6-2-7-4-10(13)11(14)5-8(7)9(12)3-6/h2-5H,1H3. The second-order valence-electron chi connectivity index (χ2n) is 3.23. The molecule has 0 bridgehead atoms. The summed E-state index contributed by atoms with van der Waals surface area (Å²) in [5.74, 6) is -2.51. The third-order valence-electron chi connectivity index (χ3n) is 2.09. The molecule has 0 fully saturated rings. The van der Waals surface area contributed by atoms with E-state index in [2.05, 4.69) is 0 Å². The first-order valence-electron chi connectivity index (χ1n) is 4.13. The number of hydrogen-bond donors (Lipinski definition) is 0. The predicted octanol–water partition coefficient (Wildman–Crippen LogP) is 3.57. The molecule has 2 aromatic carbocycles. The van der Waals surface area contributed by atoms with Crippen molar-refractivity contribution >= 4 is 10.8 Å². The van der Waals surface area contributed by atoms with E-state index in [0.29, 0.717) is 10.9 Å². The lowest BCUT2D eigenvalue weighted by Crippen LogP contribution is -1.88. The molecule has 3 heteroatoms. The summed E-state index contributed by atoms with van der Waals surface area (Å²) in [7, 11) is 0. The zero-order chi connectivity index (χ0) is 10.3. The van der Waals surface area contributed by atoms with E-state index < -0.39 is 17.5 Å². The van der Waals surface area contributed by atoms with E-state index >= 15 is 0 Å². The van der Waals surface area contributed by atoms with Gasteiger partial charge in [-0.3, -0.25) is 0 Å². The summed E-state index contributed by atoms with van der Waals surface area (Å²) in [6, 6.07) is 4.78. The smallest absolute Gasteiger partial charge is 0.159 e. The molecule has 0 heterocycles. The average molecular weight is 196 g/mol. The molecule has 0 saturated heterocycles. The van der Waals surface area contributed by atoms with Crippen LogP contribution < -0.4 is 0 Å². The summed E-state index contributed by atoms with van der Waals surface area (Å²) in [5.41, 5.74) is 0.681. The molecule has 0 saturated carbocycles. The van der Waals surface area contributed by atoms with Crippen LogP contribution in [-0.2, 0) is 0 Å². The van der Waals surface area contributed by atoms with Crippen LogP contribution in [0.2, 0.25) is 0 Å². The van der Waals surface area contributed by atoms with Gasteiger partial charge in [-0.15, -0.1) is 0 Å². The molecule has 2 aromatic rings. The van der Waals surface area contributed by atoms with Crippen LogP contribution in [0.1, 0.15) is 5.56 Å². The van der Waals surface area contributed by atoms with Gasteiger partial charge < -0.3 is 0 Å². The number of halogens is 3. The first-order chi connectivity index (χ1) is 6.58. The second-order valence-corrected chi connectivity index (χ2v) is 3.23. The van der Waals surface area contributed by atoms with Gasteiger partial charge in [0.15, 0.2) is 11.6 Å². The first-order valence-corrected chi connectivity index (χ1v) is 4.13. The number of hydrogen-bond acceptors (Lipinski definition) is 0. The predicted molar refractivity (Wildman–Crippen MR) is 48.6 cm³/mol. The van der Waals surface area contributed by atoms with Crippen molar-refractivity contribution in [2.75, 3.05) is 0 Å². The summed E-state index contributed by atoms with van der Waals surface area (Å²) >= 11 is 0. The van der Waals surface area contributed by atoms with Crippen LogP contribution in [0.5, 0.6) is 0 Å². The molecule has 0 aliphatic heterocycles. The Labute approximate surface area is 79.0 Å². The summed E-state index contributed by atoms with van der Waals surface area (Å²) in [6.45, 7) is 1.70. The van der Waals surface area contributed by atoms with E-state index in [4.69, 9.17) is 0 Å². The monoisotopic (exact) mass is 196 g/mol. The van der Waals surface area contributed by atoms with Crippen LogP contribution in [0.15, 0.2) is 24.3 Å². The van der Waals surface area contributed by atoms with Crippen molar-refractivity contribution in [2.24, 2.45) is 0 Å². The van der Waals surface area contributed by atoms with E-state index in [1.54, 1.807) is 13.0 Å². The molecule has 0 atom stereocenters. The van der Waals surface area contributed by atoms with Crippen LogP contribution in [0.3, 0.4) is 0 Å². The molecule has 0 nitrogen and oxygen atoms in total. The molecule has 0 aliphatic rings. The van der Waals surface area contributed by atoms with Crippen molar-refractivity contribution in [3.8, 4) is 0 Å². The van der Waals surface area contributed by atoms with Crippen molar-refractivity contribution in [3.05, 3.63) is 47.3 Å². The highest BCUT2D eigenvalue weighted by Crippen LogP contribution is 2.22. The van der Waals surface area contributed by atoms with Crippen molar-refractivity contribution in [1.82, 2.24) is 0 Å². The zero-order valence-corrected chi connectivity index (χ0v) is 7.44. The fraction of sp³-hybridized carbons (Fsp3) is 0.0909. The lowest BCUT2D eigenvalue weighted by Gasteiger charge is -2.02. The van der Waals surface area contributed by atoms with Crippen molar-refractivity contribution in [1.29, 1.82) is 0 Å². The molecule has 0 aromatic heterocycles. The van der Waals surface area contributed by atoms with Gasteiger partial charge >= 0.3 is 0 Å². The Morgan fingerprint density at radius 1 is 0.786 bits per heavy atom. The first kappa shape index (κ1) is 9.06. The van der Waals surface area contributed by atoms with Gasteiger partial charge in [0, 0.05) is 5.39 Å². The highest BCUT2D eigenvalue weighted by Gasteiger charge is 2.07. The second kappa shape index (κ2) is 3.01. The van der Waals surface area contributed by atoms with Crippen LogP contribution >= 0.6 is 0 Å². The maximum absolute atomic E-state index is 13.3. The fourth-order valence-electron chi connectivity index (χ4n) is 1.45. The highest BCUT2D eigenvalue weighted by molar-refractivity contribution is 5.83. The molecule has 2 rings (SSSR count). The number of benzene rings is 2. The molecule has 0 radical (unpaired) electrons. The van der Waals surface area contributed by atoms with E-state index in [1.807, 2.05) is 0 Å². The van der Waals surface area contributed by atoms with Crippen molar-refractivity contribution in [2.45, 2.75) is 6.92 Å². The van der Waals surface area contributed by atoms with Gasteiger partial charge in [-0.1, -0.05) is 6.07 Å². The lowest BCUT2D eigenvalue weighted by molar-refractivity contribution is 0.510.